The lowest BCUT2D eigenvalue weighted by Gasteiger charge is -2.06. The third kappa shape index (κ3) is 3.29. The molecule has 1 aromatic carbocycles. The zero-order valence-electron chi connectivity index (χ0n) is 12.2. The van der Waals surface area contributed by atoms with Crippen LogP contribution < -0.4 is 10.9 Å². The van der Waals surface area contributed by atoms with Gasteiger partial charge >= 0.3 is 5.91 Å². The van der Waals surface area contributed by atoms with Crippen molar-refractivity contribution in [3.8, 4) is 11.3 Å². The summed E-state index contributed by atoms with van der Waals surface area (Å²) in [4.78, 5) is 29.0. The molecule has 2 heterocycles. The Morgan fingerprint density at radius 3 is 2.48 bits per heavy atom. The normalized spacial score (nSPS) is 10.3. The van der Waals surface area contributed by atoms with Crippen molar-refractivity contribution in [3.05, 3.63) is 64.4 Å². The minimum atomic E-state index is -0.522. The van der Waals surface area contributed by atoms with E-state index < -0.39 is 11.8 Å². The number of carbonyl (C=O) groups excluding carboxylic acids is 2. The summed E-state index contributed by atoms with van der Waals surface area (Å²) in [6.07, 6.45) is 1.39. The van der Waals surface area contributed by atoms with Crippen molar-refractivity contribution in [1.82, 2.24) is 15.8 Å². The third-order valence-corrected chi connectivity index (χ3v) is 3.99. The highest BCUT2D eigenvalue weighted by Gasteiger charge is 2.19. The number of amides is 2. The highest BCUT2D eigenvalue weighted by molar-refractivity contribution is 7.14. The van der Waals surface area contributed by atoms with Gasteiger partial charge in [0.15, 0.2) is 5.76 Å². The predicted octanol–water partition coefficient (Wildman–Crippen LogP) is 2.79. The van der Waals surface area contributed by atoms with E-state index in [9.17, 15) is 9.59 Å². The fraction of sp³-hybridized carbons (Fsp3) is 0.0625. The molecule has 23 heavy (non-hydrogen) atoms. The van der Waals surface area contributed by atoms with E-state index in [4.69, 9.17) is 4.42 Å². The fourth-order valence-electron chi connectivity index (χ4n) is 2.01. The Hall–Kier alpha value is -2.93. The SMILES string of the molecule is Cc1nc(-c2ccccc2)c(C(=O)NNC(=O)c2ccco2)s1. The third-order valence-electron chi connectivity index (χ3n) is 3.02. The largest absolute Gasteiger partial charge is 0.459 e. The lowest BCUT2D eigenvalue weighted by atomic mass is 10.1. The number of hydrogen-bond donors (Lipinski definition) is 2. The van der Waals surface area contributed by atoms with Gasteiger partial charge in [-0.25, -0.2) is 4.98 Å². The van der Waals surface area contributed by atoms with Crippen molar-refractivity contribution in [2.75, 3.05) is 0 Å². The van der Waals surface area contributed by atoms with Crippen molar-refractivity contribution in [1.29, 1.82) is 0 Å². The van der Waals surface area contributed by atoms with Crippen LogP contribution in [0.3, 0.4) is 0 Å². The number of nitrogens with zero attached hydrogens (tertiary/aromatic N) is 1. The van der Waals surface area contributed by atoms with Crippen molar-refractivity contribution in [3.63, 3.8) is 0 Å². The van der Waals surface area contributed by atoms with Crippen molar-refractivity contribution >= 4 is 23.2 Å². The molecule has 3 aromatic rings. The van der Waals surface area contributed by atoms with Crippen LogP contribution in [0.1, 0.15) is 25.2 Å². The second kappa shape index (κ2) is 6.45. The number of thiazole rings is 1. The smallest absolute Gasteiger partial charge is 0.305 e. The second-order valence-electron chi connectivity index (χ2n) is 4.66. The maximum absolute atomic E-state index is 12.3. The Morgan fingerprint density at radius 2 is 1.78 bits per heavy atom. The second-order valence-corrected chi connectivity index (χ2v) is 5.87. The van der Waals surface area contributed by atoms with E-state index in [2.05, 4.69) is 15.8 Å². The van der Waals surface area contributed by atoms with Gasteiger partial charge in [-0.1, -0.05) is 30.3 Å². The zero-order valence-corrected chi connectivity index (χ0v) is 13.0. The van der Waals surface area contributed by atoms with Gasteiger partial charge in [-0.15, -0.1) is 11.3 Å². The summed E-state index contributed by atoms with van der Waals surface area (Å²) in [5.41, 5.74) is 6.14. The Balaban J connectivity index is 1.77. The Bertz CT molecular complexity index is 826. The van der Waals surface area contributed by atoms with Crippen LogP contribution in [0.15, 0.2) is 53.1 Å². The molecular weight excluding hydrogens is 314 g/mol. The summed E-state index contributed by atoms with van der Waals surface area (Å²) in [5, 5.41) is 0.770. The molecule has 2 aromatic heterocycles. The molecule has 0 aliphatic heterocycles. The van der Waals surface area contributed by atoms with Crippen LogP contribution in [0.5, 0.6) is 0 Å². The molecule has 0 aliphatic rings. The highest BCUT2D eigenvalue weighted by Crippen LogP contribution is 2.27. The highest BCUT2D eigenvalue weighted by atomic mass is 32.1. The van der Waals surface area contributed by atoms with Crippen molar-refractivity contribution in [2.45, 2.75) is 6.92 Å². The van der Waals surface area contributed by atoms with Gasteiger partial charge in [-0.2, -0.15) is 0 Å². The van der Waals surface area contributed by atoms with E-state index in [0.29, 0.717) is 10.6 Å². The van der Waals surface area contributed by atoms with Crippen LogP contribution in [0.4, 0.5) is 0 Å². The molecule has 0 atom stereocenters. The molecule has 2 amide bonds. The Labute approximate surface area is 136 Å². The van der Waals surface area contributed by atoms with Gasteiger partial charge in [0, 0.05) is 5.56 Å². The van der Waals surface area contributed by atoms with Gasteiger partial charge in [0.2, 0.25) is 0 Å². The summed E-state index contributed by atoms with van der Waals surface area (Å²) in [6.45, 7) is 1.83. The van der Waals surface area contributed by atoms with Crippen molar-refractivity contribution < 1.29 is 14.0 Å². The van der Waals surface area contributed by atoms with Gasteiger partial charge < -0.3 is 4.42 Å². The lowest BCUT2D eigenvalue weighted by molar-refractivity contribution is 0.0833. The molecular formula is C16H13N3O3S. The van der Waals surface area contributed by atoms with Gasteiger partial charge in [0.05, 0.1) is 17.0 Å². The number of aromatic nitrogens is 1. The average molecular weight is 327 g/mol. The van der Waals surface area contributed by atoms with Crippen LogP contribution in [-0.2, 0) is 0 Å². The first-order chi connectivity index (χ1) is 11.1. The number of aryl methyl sites for hydroxylation is 1. The number of hydrogen-bond acceptors (Lipinski definition) is 5. The van der Waals surface area contributed by atoms with Gasteiger partial charge in [-0.05, 0) is 19.1 Å². The molecule has 0 saturated heterocycles. The molecule has 3 rings (SSSR count). The fourth-order valence-corrected chi connectivity index (χ4v) is 2.85. The minimum Gasteiger partial charge on any atom is -0.459 e. The van der Waals surface area contributed by atoms with Gasteiger partial charge in [-0.3, -0.25) is 20.4 Å². The van der Waals surface area contributed by atoms with E-state index in [1.807, 2.05) is 37.3 Å². The maximum atomic E-state index is 12.3. The van der Waals surface area contributed by atoms with Crippen LogP contribution in [0, 0.1) is 6.92 Å². The van der Waals surface area contributed by atoms with Gasteiger partial charge in [0.1, 0.15) is 4.88 Å². The monoisotopic (exact) mass is 327 g/mol. The lowest BCUT2D eigenvalue weighted by Crippen LogP contribution is -2.41. The average Bonchev–Trinajstić information content (AvgIpc) is 3.22. The molecule has 2 N–H and O–H groups in total. The van der Waals surface area contributed by atoms with E-state index >= 15 is 0 Å². The summed E-state index contributed by atoms with van der Waals surface area (Å²) < 4.78 is 4.96. The minimum absolute atomic E-state index is 0.120. The molecule has 0 saturated carbocycles. The maximum Gasteiger partial charge on any atom is 0.305 e. The number of carbonyl (C=O) groups is 2. The summed E-state index contributed by atoms with van der Waals surface area (Å²) in [6, 6.07) is 12.5. The van der Waals surface area contributed by atoms with Crippen LogP contribution in [0.2, 0.25) is 0 Å². The number of benzene rings is 1. The number of rotatable bonds is 3. The first kappa shape index (κ1) is 15.0. The first-order valence-corrected chi connectivity index (χ1v) is 7.64. The van der Waals surface area contributed by atoms with E-state index in [0.717, 1.165) is 10.6 Å². The Kier molecular flexibility index (Phi) is 4.20. The molecule has 116 valence electrons. The van der Waals surface area contributed by atoms with Gasteiger partial charge in [0.25, 0.3) is 5.91 Å². The molecule has 0 bridgehead atoms. The summed E-state index contributed by atoms with van der Waals surface area (Å²) >= 11 is 1.27. The molecule has 0 aliphatic carbocycles. The zero-order chi connectivity index (χ0) is 16.2. The van der Waals surface area contributed by atoms with E-state index in [1.165, 1.54) is 23.7 Å². The molecule has 7 heteroatoms. The molecule has 0 radical (unpaired) electrons. The van der Waals surface area contributed by atoms with Crippen LogP contribution in [0.25, 0.3) is 11.3 Å². The number of hydrazine groups is 1. The molecule has 0 unspecified atom stereocenters. The molecule has 6 nitrogen and oxygen atoms in total. The Morgan fingerprint density at radius 1 is 1.04 bits per heavy atom. The van der Waals surface area contributed by atoms with Crippen LogP contribution >= 0.6 is 11.3 Å². The van der Waals surface area contributed by atoms with Crippen LogP contribution in [-0.4, -0.2) is 16.8 Å². The summed E-state index contributed by atoms with van der Waals surface area (Å²) in [5.74, 6) is -0.825. The van der Waals surface area contributed by atoms with Crippen molar-refractivity contribution in [2.24, 2.45) is 0 Å². The standard InChI is InChI=1S/C16H13N3O3S/c1-10-17-13(11-6-3-2-4-7-11)14(23-10)16(21)19-18-15(20)12-8-5-9-22-12/h2-9H,1H3,(H,18,20)(H,19,21). The number of nitrogens with one attached hydrogen (secondary N) is 2. The molecule has 0 fully saturated rings. The quantitative estimate of drug-likeness (QED) is 0.725. The first-order valence-electron chi connectivity index (χ1n) is 6.82. The van der Waals surface area contributed by atoms with E-state index in [1.54, 1.807) is 6.07 Å². The summed E-state index contributed by atoms with van der Waals surface area (Å²) in [7, 11) is 0. The van der Waals surface area contributed by atoms with E-state index in [-0.39, 0.29) is 5.76 Å². The predicted molar refractivity (Wildman–Crippen MR) is 85.9 cm³/mol. The molecule has 0 spiro atoms. The topological polar surface area (TPSA) is 84.2 Å². The number of furan rings is 1.